The first-order valence-electron chi connectivity index (χ1n) is 5.15. The number of rotatable bonds is 6. The summed E-state index contributed by atoms with van der Waals surface area (Å²) in [6.45, 7) is -0.246. The molecule has 0 amide bonds. The van der Waals surface area contributed by atoms with E-state index >= 15 is 0 Å². The van der Waals surface area contributed by atoms with Gasteiger partial charge in [0.25, 0.3) is 0 Å². The second kappa shape index (κ2) is 6.27. The Morgan fingerprint density at radius 1 is 1.50 bits per heavy atom. The van der Waals surface area contributed by atoms with E-state index in [1.807, 2.05) is 0 Å². The molecule has 16 heavy (non-hydrogen) atoms. The number of Topliss-reactive ketones (excluding diaryl/α,β-unsaturated/α-hetero) is 1. The summed E-state index contributed by atoms with van der Waals surface area (Å²) >= 11 is 0. The fourth-order valence-electron chi connectivity index (χ4n) is 1.79. The Balaban J connectivity index is 2.41. The number of methoxy groups -OCH3 is 2. The van der Waals surface area contributed by atoms with Crippen molar-refractivity contribution in [2.75, 3.05) is 20.8 Å². The zero-order valence-electron chi connectivity index (χ0n) is 9.46. The topological polar surface area (TPSA) is 85.2 Å². The molecule has 0 aromatic rings. The van der Waals surface area contributed by atoms with E-state index < -0.39 is 18.5 Å². The first kappa shape index (κ1) is 13.5. The van der Waals surface area contributed by atoms with Crippen LogP contribution in [0.25, 0.3) is 0 Å². The van der Waals surface area contributed by atoms with Gasteiger partial charge >= 0.3 is 0 Å². The van der Waals surface area contributed by atoms with Gasteiger partial charge in [0.05, 0.1) is 18.8 Å². The van der Waals surface area contributed by atoms with Crippen molar-refractivity contribution in [1.82, 2.24) is 0 Å². The van der Waals surface area contributed by atoms with Crippen LogP contribution in [-0.2, 0) is 19.0 Å². The van der Waals surface area contributed by atoms with Crippen LogP contribution < -0.4 is 0 Å². The molecule has 6 nitrogen and oxygen atoms in total. The molecule has 0 spiro atoms. The molecule has 2 N–H and O–H groups in total. The maximum absolute atomic E-state index is 11.6. The number of aliphatic hydroxyl groups excluding tert-OH is 2. The molecule has 0 bridgehead atoms. The third kappa shape index (κ3) is 3.23. The van der Waals surface area contributed by atoms with Crippen LogP contribution in [0.2, 0.25) is 0 Å². The van der Waals surface area contributed by atoms with E-state index in [9.17, 15) is 9.90 Å². The molecule has 0 saturated carbocycles. The lowest BCUT2D eigenvalue weighted by molar-refractivity contribution is -0.159. The molecule has 1 saturated heterocycles. The predicted molar refractivity (Wildman–Crippen MR) is 53.8 cm³/mol. The first-order valence-corrected chi connectivity index (χ1v) is 5.15. The summed E-state index contributed by atoms with van der Waals surface area (Å²) in [6, 6.07) is 0. The van der Waals surface area contributed by atoms with Gasteiger partial charge in [0.15, 0.2) is 5.78 Å². The molecule has 1 heterocycles. The van der Waals surface area contributed by atoms with Crippen molar-refractivity contribution in [2.45, 2.75) is 37.4 Å². The van der Waals surface area contributed by atoms with E-state index in [-0.39, 0.29) is 24.9 Å². The van der Waals surface area contributed by atoms with Crippen LogP contribution in [0.4, 0.5) is 0 Å². The molecule has 1 fully saturated rings. The van der Waals surface area contributed by atoms with Crippen LogP contribution >= 0.6 is 0 Å². The number of carbonyl (C=O) groups is 1. The van der Waals surface area contributed by atoms with Crippen LogP contribution in [0, 0.1) is 0 Å². The molecular formula is C10H18O6. The highest BCUT2D eigenvalue weighted by Crippen LogP contribution is 2.23. The van der Waals surface area contributed by atoms with Gasteiger partial charge in [-0.25, -0.2) is 0 Å². The quantitative estimate of drug-likeness (QED) is 0.578. The third-order valence-electron chi connectivity index (χ3n) is 2.60. The van der Waals surface area contributed by atoms with Crippen LogP contribution in [0.1, 0.15) is 12.8 Å². The molecule has 1 unspecified atom stereocenters. The standard InChI is InChI=1S/C10H18O6/c1-14-10(15-2)8(13)4-6-3-7(12)9(5-11)16-6/h6-7,9-12H,3-5H2,1-2H3/t6?,7-,9+/m0/s1. The van der Waals surface area contributed by atoms with Gasteiger partial charge in [0, 0.05) is 27.1 Å². The van der Waals surface area contributed by atoms with Gasteiger partial charge in [-0.15, -0.1) is 0 Å². The summed E-state index contributed by atoms with van der Waals surface area (Å²) < 4.78 is 14.9. The monoisotopic (exact) mass is 234 g/mol. The number of hydrogen-bond acceptors (Lipinski definition) is 6. The molecular weight excluding hydrogens is 216 g/mol. The molecule has 6 heteroatoms. The third-order valence-corrected chi connectivity index (χ3v) is 2.60. The smallest absolute Gasteiger partial charge is 0.217 e. The van der Waals surface area contributed by atoms with Crippen LogP contribution in [-0.4, -0.2) is 61.4 Å². The molecule has 3 atom stereocenters. The number of aliphatic hydroxyl groups is 2. The minimum atomic E-state index is -0.895. The van der Waals surface area contributed by atoms with Gasteiger partial charge in [-0.05, 0) is 0 Å². The van der Waals surface area contributed by atoms with E-state index in [0.29, 0.717) is 6.42 Å². The Kier molecular flexibility index (Phi) is 5.30. The number of carbonyl (C=O) groups excluding carboxylic acids is 1. The highest BCUT2D eigenvalue weighted by atomic mass is 16.7. The summed E-state index contributed by atoms with van der Waals surface area (Å²) in [5.41, 5.74) is 0. The Hall–Kier alpha value is -0.530. The van der Waals surface area contributed by atoms with Crippen molar-refractivity contribution in [3.05, 3.63) is 0 Å². The molecule has 0 radical (unpaired) electrons. The van der Waals surface area contributed by atoms with Crippen LogP contribution in [0.3, 0.4) is 0 Å². The average molecular weight is 234 g/mol. The lowest BCUT2D eigenvalue weighted by Gasteiger charge is -2.15. The molecule has 94 valence electrons. The second-order valence-electron chi connectivity index (χ2n) is 3.76. The maximum Gasteiger partial charge on any atom is 0.217 e. The van der Waals surface area contributed by atoms with E-state index in [0.717, 1.165) is 0 Å². The normalized spacial score (nSPS) is 29.9. The van der Waals surface area contributed by atoms with E-state index in [1.54, 1.807) is 0 Å². The van der Waals surface area contributed by atoms with Gasteiger partial charge in [-0.3, -0.25) is 4.79 Å². The minimum absolute atomic E-state index is 0.111. The molecule has 1 rings (SSSR count). The number of hydrogen-bond donors (Lipinski definition) is 2. The van der Waals surface area contributed by atoms with Gasteiger partial charge in [-0.1, -0.05) is 0 Å². The average Bonchev–Trinajstić information content (AvgIpc) is 2.60. The van der Waals surface area contributed by atoms with Crippen LogP contribution in [0.15, 0.2) is 0 Å². The van der Waals surface area contributed by atoms with Crippen LogP contribution in [0.5, 0.6) is 0 Å². The molecule has 1 aliphatic heterocycles. The minimum Gasteiger partial charge on any atom is -0.394 e. The highest BCUT2D eigenvalue weighted by Gasteiger charge is 2.35. The molecule has 0 aromatic carbocycles. The van der Waals surface area contributed by atoms with Crippen molar-refractivity contribution in [3.8, 4) is 0 Å². The Bertz CT molecular complexity index is 227. The Labute approximate surface area is 94.1 Å². The maximum atomic E-state index is 11.6. The van der Waals surface area contributed by atoms with E-state index in [1.165, 1.54) is 14.2 Å². The lowest BCUT2D eigenvalue weighted by Crippen LogP contribution is -2.28. The summed E-state index contributed by atoms with van der Waals surface area (Å²) in [7, 11) is 2.76. The molecule has 1 aliphatic rings. The van der Waals surface area contributed by atoms with E-state index in [2.05, 4.69) is 0 Å². The summed E-state index contributed by atoms with van der Waals surface area (Å²) in [4.78, 5) is 11.6. The number of ether oxygens (including phenoxy) is 3. The van der Waals surface area contributed by atoms with Crippen molar-refractivity contribution in [3.63, 3.8) is 0 Å². The summed E-state index contributed by atoms with van der Waals surface area (Å²) in [5.74, 6) is -0.235. The Morgan fingerprint density at radius 3 is 2.56 bits per heavy atom. The van der Waals surface area contributed by atoms with E-state index in [4.69, 9.17) is 19.3 Å². The fourth-order valence-corrected chi connectivity index (χ4v) is 1.79. The van der Waals surface area contributed by atoms with Gasteiger partial charge in [-0.2, -0.15) is 0 Å². The Morgan fingerprint density at radius 2 is 2.12 bits per heavy atom. The zero-order chi connectivity index (χ0) is 12.1. The molecule has 0 aromatic heterocycles. The van der Waals surface area contributed by atoms with Gasteiger partial charge in [0.2, 0.25) is 6.29 Å². The SMILES string of the molecule is COC(OC)C(=O)CC1C[C@H](O)[C@@H](CO)O1. The second-order valence-corrected chi connectivity index (χ2v) is 3.76. The first-order chi connectivity index (χ1) is 7.62. The zero-order valence-corrected chi connectivity index (χ0v) is 9.46. The van der Waals surface area contributed by atoms with Gasteiger partial charge in [0.1, 0.15) is 6.10 Å². The van der Waals surface area contributed by atoms with Crippen molar-refractivity contribution in [1.29, 1.82) is 0 Å². The summed E-state index contributed by atoms with van der Waals surface area (Å²) in [5, 5.41) is 18.3. The number of ketones is 1. The fraction of sp³-hybridized carbons (Fsp3) is 0.900. The lowest BCUT2D eigenvalue weighted by atomic mass is 10.1. The van der Waals surface area contributed by atoms with Crippen molar-refractivity contribution >= 4 is 5.78 Å². The van der Waals surface area contributed by atoms with Gasteiger partial charge < -0.3 is 24.4 Å². The molecule has 0 aliphatic carbocycles. The van der Waals surface area contributed by atoms with Crippen molar-refractivity contribution in [2.24, 2.45) is 0 Å². The highest BCUT2D eigenvalue weighted by molar-refractivity contribution is 5.82. The largest absolute Gasteiger partial charge is 0.394 e. The van der Waals surface area contributed by atoms with Crippen molar-refractivity contribution < 1.29 is 29.2 Å². The predicted octanol–water partition coefficient (Wildman–Crippen LogP) is -0.925. The summed E-state index contributed by atoms with van der Waals surface area (Å²) in [6.07, 6.45) is -2.13.